The van der Waals surface area contributed by atoms with Crippen LogP contribution in [0.15, 0.2) is 25.3 Å². The van der Waals surface area contributed by atoms with Gasteiger partial charge in [-0.05, 0) is 32.6 Å². The molecule has 1 aromatic heterocycles. The van der Waals surface area contributed by atoms with Crippen LogP contribution in [0.25, 0.3) is 0 Å². The topological polar surface area (TPSA) is 133 Å². The van der Waals surface area contributed by atoms with E-state index in [1.165, 1.54) is 0 Å². The van der Waals surface area contributed by atoms with Crippen molar-refractivity contribution in [3.63, 3.8) is 0 Å². The molecule has 1 saturated carbocycles. The van der Waals surface area contributed by atoms with Gasteiger partial charge in [-0.25, -0.2) is 0 Å². The maximum Gasteiger partial charge on any atom is 0.321 e. The number of ether oxygens (including phenoxy) is 1. The minimum Gasteiger partial charge on any atom is -0.465 e. The number of piperazine rings is 1. The average molecular weight is 555 g/mol. The molecular formula is C28H42N8O4. The number of carbonyl (C=O) groups is 3. The Balaban J connectivity index is 1.43. The summed E-state index contributed by atoms with van der Waals surface area (Å²) in [5.41, 5.74) is -1.16. The quantitative estimate of drug-likeness (QED) is 0.238. The molecule has 2 aliphatic heterocycles. The van der Waals surface area contributed by atoms with Gasteiger partial charge in [-0.1, -0.05) is 31.4 Å². The first kappa shape index (κ1) is 29.3. The molecule has 4 rings (SSSR count). The number of likely N-dealkylation sites (tertiary alicyclic amines) is 1. The summed E-state index contributed by atoms with van der Waals surface area (Å²) in [6.07, 6.45) is 8.40. The third-order valence-corrected chi connectivity index (χ3v) is 7.89. The van der Waals surface area contributed by atoms with Crippen molar-refractivity contribution in [3.05, 3.63) is 25.3 Å². The Bertz CT molecular complexity index is 1050. The van der Waals surface area contributed by atoms with Crippen LogP contribution in [0.5, 0.6) is 0 Å². The van der Waals surface area contributed by atoms with Crippen LogP contribution in [0.4, 0.5) is 17.8 Å². The van der Waals surface area contributed by atoms with E-state index in [1.807, 2.05) is 9.80 Å². The van der Waals surface area contributed by atoms with Gasteiger partial charge in [-0.3, -0.25) is 14.4 Å². The Morgan fingerprint density at radius 2 is 1.55 bits per heavy atom. The van der Waals surface area contributed by atoms with Crippen LogP contribution in [0.2, 0.25) is 0 Å². The van der Waals surface area contributed by atoms with E-state index < -0.39 is 17.4 Å². The molecule has 1 aromatic rings. The highest BCUT2D eigenvalue weighted by atomic mass is 16.5. The maximum atomic E-state index is 13.9. The number of rotatable bonds is 11. The van der Waals surface area contributed by atoms with Crippen LogP contribution in [-0.2, 0) is 19.1 Å². The number of hydrogen-bond acceptors (Lipinski definition) is 10. The van der Waals surface area contributed by atoms with E-state index >= 15 is 0 Å². The summed E-state index contributed by atoms with van der Waals surface area (Å²) < 4.78 is 5.37. The minimum absolute atomic E-state index is 0.0577. The molecule has 218 valence electrons. The van der Waals surface area contributed by atoms with E-state index in [2.05, 4.69) is 38.7 Å². The zero-order valence-corrected chi connectivity index (χ0v) is 23.6. The van der Waals surface area contributed by atoms with Gasteiger partial charge in [0.2, 0.25) is 29.7 Å². The fourth-order valence-electron chi connectivity index (χ4n) is 5.80. The van der Waals surface area contributed by atoms with Crippen LogP contribution in [-0.4, -0.2) is 101 Å². The number of nitrogens with zero attached hydrogens (tertiary/aromatic N) is 6. The number of esters is 1. The SMILES string of the molecule is C=CCNc1nc(NCC=C)nc(N2CCN(C(=O)C3CCCN3C(=O)C3(C(=O)OCC)CCCCC3)CC2)n1. The van der Waals surface area contributed by atoms with E-state index in [4.69, 9.17) is 4.74 Å². The van der Waals surface area contributed by atoms with Crippen molar-refractivity contribution in [1.29, 1.82) is 0 Å². The molecule has 2 amide bonds. The predicted molar refractivity (Wildman–Crippen MR) is 153 cm³/mol. The molecule has 12 nitrogen and oxygen atoms in total. The van der Waals surface area contributed by atoms with Gasteiger partial charge in [-0.15, -0.1) is 13.2 Å². The van der Waals surface area contributed by atoms with Crippen LogP contribution in [0.3, 0.4) is 0 Å². The lowest BCUT2D eigenvalue weighted by Crippen LogP contribution is -2.57. The fraction of sp³-hybridized carbons (Fsp3) is 0.643. The number of nitrogens with one attached hydrogen (secondary N) is 2. The second-order valence-electron chi connectivity index (χ2n) is 10.5. The van der Waals surface area contributed by atoms with Crippen molar-refractivity contribution in [2.24, 2.45) is 5.41 Å². The second-order valence-corrected chi connectivity index (χ2v) is 10.5. The zero-order valence-electron chi connectivity index (χ0n) is 23.6. The van der Waals surface area contributed by atoms with Crippen molar-refractivity contribution in [2.75, 3.05) is 68.0 Å². The third kappa shape index (κ3) is 6.37. The molecule has 2 N–H and O–H groups in total. The number of hydrogen-bond donors (Lipinski definition) is 2. The summed E-state index contributed by atoms with van der Waals surface area (Å²) in [4.78, 5) is 59.6. The van der Waals surface area contributed by atoms with E-state index in [0.717, 1.165) is 25.7 Å². The Labute approximate surface area is 236 Å². The van der Waals surface area contributed by atoms with Gasteiger partial charge >= 0.3 is 5.97 Å². The smallest absolute Gasteiger partial charge is 0.321 e. The van der Waals surface area contributed by atoms with Crippen molar-refractivity contribution < 1.29 is 19.1 Å². The summed E-state index contributed by atoms with van der Waals surface area (Å²) in [5, 5.41) is 6.22. The molecule has 3 aliphatic rings. The first-order chi connectivity index (χ1) is 19.4. The Morgan fingerprint density at radius 1 is 0.925 bits per heavy atom. The number of aromatic nitrogens is 3. The number of anilines is 3. The Hall–Kier alpha value is -3.70. The molecule has 1 unspecified atom stereocenters. The van der Waals surface area contributed by atoms with Crippen molar-refractivity contribution >= 4 is 35.6 Å². The van der Waals surface area contributed by atoms with Gasteiger partial charge < -0.3 is 30.1 Å². The summed E-state index contributed by atoms with van der Waals surface area (Å²) in [6.45, 7) is 13.0. The van der Waals surface area contributed by atoms with E-state index in [-0.39, 0.29) is 18.4 Å². The predicted octanol–water partition coefficient (Wildman–Crippen LogP) is 2.22. The highest BCUT2D eigenvalue weighted by molar-refractivity contribution is 6.04. The molecule has 40 heavy (non-hydrogen) atoms. The highest BCUT2D eigenvalue weighted by Crippen LogP contribution is 2.41. The van der Waals surface area contributed by atoms with Crippen LogP contribution < -0.4 is 15.5 Å². The summed E-state index contributed by atoms with van der Waals surface area (Å²) >= 11 is 0. The van der Waals surface area contributed by atoms with Crippen LogP contribution in [0.1, 0.15) is 51.9 Å². The molecule has 12 heteroatoms. The first-order valence-corrected chi connectivity index (χ1v) is 14.4. The normalized spacial score (nSPS) is 20.5. The standard InChI is InChI=1S/C28H42N8O4/c1-4-14-29-25-31-26(30-15-5-2)33-27(32-25)35-19-17-34(18-20-35)22(37)21-11-10-16-36(21)23(38)28(24(39)40-6-3)12-8-7-9-13-28/h4-5,21H,1-2,6-20H2,3H3,(H2,29,30,31,32,33). The molecule has 2 saturated heterocycles. The van der Waals surface area contributed by atoms with Gasteiger partial charge in [0, 0.05) is 45.8 Å². The van der Waals surface area contributed by atoms with Gasteiger partial charge in [0.25, 0.3) is 0 Å². The van der Waals surface area contributed by atoms with Gasteiger partial charge in [0.1, 0.15) is 11.5 Å². The van der Waals surface area contributed by atoms with Gasteiger partial charge in [-0.2, -0.15) is 15.0 Å². The highest BCUT2D eigenvalue weighted by Gasteiger charge is 2.52. The molecule has 3 fully saturated rings. The van der Waals surface area contributed by atoms with Crippen molar-refractivity contribution in [3.8, 4) is 0 Å². The van der Waals surface area contributed by atoms with Crippen LogP contribution in [0, 0.1) is 5.41 Å². The third-order valence-electron chi connectivity index (χ3n) is 7.89. The average Bonchev–Trinajstić information content (AvgIpc) is 3.48. The first-order valence-electron chi connectivity index (χ1n) is 14.4. The van der Waals surface area contributed by atoms with Crippen molar-refractivity contribution in [1.82, 2.24) is 24.8 Å². The van der Waals surface area contributed by atoms with Crippen LogP contribution >= 0.6 is 0 Å². The molecule has 0 radical (unpaired) electrons. The lowest BCUT2D eigenvalue weighted by atomic mass is 9.72. The lowest BCUT2D eigenvalue weighted by molar-refractivity contribution is -0.169. The molecular weight excluding hydrogens is 512 g/mol. The minimum atomic E-state index is -1.16. The largest absolute Gasteiger partial charge is 0.465 e. The lowest BCUT2D eigenvalue weighted by Gasteiger charge is -2.40. The zero-order chi connectivity index (χ0) is 28.5. The molecule has 0 bridgehead atoms. The summed E-state index contributed by atoms with van der Waals surface area (Å²) in [6, 6.07) is -0.547. The molecule has 1 aliphatic carbocycles. The molecule has 1 atom stereocenters. The summed E-state index contributed by atoms with van der Waals surface area (Å²) in [7, 11) is 0. The number of amides is 2. The van der Waals surface area contributed by atoms with E-state index in [9.17, 15) is 14.4 Å². The number of carbonyl (C=O) groups excluding carboxylic acids is 3. The van der Waals surface area contributed by atoms with Gasteiger partial charge in [0.05, 0.1) is 6.61 Å². The van der Waals surface area contributed by atoms with Gasteiger partial charge in [0.15, 0.2) is 0 Å². The van der Waals surface area contributed by atoms with E-state index in [0.29, 0.717) is 82.9 Å². The fourth-order valence-corrected chi connectivity index (χ4v) is 5.80. The Kier molecular flexibility index (Phi) is 9.94. The maximum absolute atomic E-state index is 13.9. The monoisotopic (exact) mass is 554 g/mol. The van der Waals surface area contributed by atoms with E-state index in [1.54, 1.807) is 24.0 Å². The van der Waals surface area contributed by atoms with Crippen molar-refractivity contribution in [2.45, 2.75) is 57.9 Å². The Morgan fingerprint density at radius 3 is 2.12 bits per heavy atom. The molecule has 0 aromatic carbocycles. The summed E-state index contributed by atoms with van der Waals surface area (Å²) in [5.74, 6) is 0.669. The second kappa shape index (κ2) is 13.6. The molecule has 3 heterocycles. The molecule has 0 spiro atoms.